The fraction of sp³-hybridized carbons (Fsp3) is 0.833. The molecule has 1 aromatic rings. The minimum Gasteiger partial charge on any atom is -0.352 e. The van der Waals surface area contributed by atoms with Gasteiger partial charge in [-0.25, -0.2) is 17.4 Å². The summed E-state index contributed by atoms with van der Waals surface area (Å²) in [5, 5.41) is 13.5. The minimum atomic E-state index is -3.17. The van der Waals surface area contributed by atoms with Crippen LogP contribution in [-0.2, 0) is 17.1 Å². The van der Waals surface area contributed by atoms with Crippen molar-refractivity contribution < 1.29 is 8.42 Å². The van der Waals surface area contributed by atoms with Crippen molar-refractivity contribution in [2.45, 2.75) is 0 Å². The van der Waals surface area contributed by atoms with Crippen molar-refractivity contribution in [1.82, 2.24) is 24.5 Å². The van der Waals surface area contributed by atoms with Gasteiger partial charge in [-0.05, 0) is 10.4 Å². The number of tetrazole rings is 1. The van der Waals surface area contributed by atoms with Crippen molar-refractivity contribution >= 4 is 16.0 Å². The lowest BCUT2D eigenvalue weighted by Gasteiger charge is -2.11. The summed E-state index contributed by atoms with van der Waals surface area (Å²) in [4.78, 5) is 0. The van der Waals surface area contributed by atoms with Gasteiger partial charge in [0.2, 0.25) is 16.0 Å². The molecule has 1 N–H and O–H groups in total. The highest BCUT2D eigenvalue weighted by Gasteiger charge is 2.13. The number of aromatic nitrogens is 4. The van der Waals surface area contributed by atoms with Crippen LogP contribution >= 0.6 is 0 Å². The van der Waals surface area contributed by atoms with Crippen LogP contribution in [-0.4, -0.2) is 59.3 Å². The van der Waals surface area contributed by atoms with E-state index in [1.165, 1.54) is 23.1 Å². The van der Waals surface area contributed by atoms with Crippen LogP contribution in [0.1, 0.15) is 0 Å². The Balaban J connectivity index is 2.44. The molecule has 0 spiro atoms. The third-order valence-electron chi connectivity index (χ3n) is 1.82. The molecule has 0 unspecified atom stereocenters. The van der Waals surface area contributed by atoms with Gasteiger partial charge in [0.15, 0.2) is 0 Å². The minimum absolute atomic E-state index is 0.00681. The van der Waals surface area contributed by atoms with Gasteiger partial charge in [-0.1, -0.05) is 5.10 Å². The number of nitrogens with zero attached hydrogens (tertiary/aromatic N) is 5. The van der Waals surface area contributed by atoms with Gasteiger partial charge in [0.25, 0.3) is 0 Å². The fourth-order valence-electron chi connectivity index (χ4n) is 0.854. The Kier molecular flexibility index (Phi) is 3.58. The van der Waals surface area contributed by atoms with E-state index in [1.807, 2.05) is 0 Å². The van der Waals surface area contributed by atoms with E-state index in [0.29, 0.717) is 5.95 Å². The Labute approximate surface area is 88.3 Å². The highest BCUT2D eigenvalue weighted by Crippen LogP contribution is 1.97. The molecule has 0 aliphatic heterocycles. The molecule has 0 aromatic carbocycles. The molecule has 9 heteroatoms. The van der Waals surface area contributed by atoms with Gasteiger partial charge in [0, 0.05) is 27.7 Å². The van der Waals surface area contributed by atoms with E-state index in [1.54, 1.807) is 7.05 Å². The van der Waals surface area contributed by atoms with E-state index >= 15 is 0 Å². The normalized spacial score (nSPS) is 12.0. The lowest BCUT2D eigenvalue weighted by molar-refractivity contribution is 0.521. The summed E-state index contributed by atoms with van der Waals surface area (Å²) in [7, 11) is 1.50. The molecule has 86 valence electrons. The molecular weight excluding hydrogens is 220 g/mol. The van der Waals surface area contributed by atoms with E-state index in [2.05, 4.69) is 20.8 Å². The van der Waals surface area contributed by atoms with Crippen LogP contribution in [0.15, 0.2) is 0 Å². The molecule has 0 saturated heterocycles. The Morgan fingerprint density at radius 2 is 2.13 bits per heavy atom. The third-order valence-corrected chi connectivity index (χ3v) is 3.65. The second-order valence-electron chi connectivity index (χ2n) is 3.15. The summed E-state index contributed by atoms with van der Waals surface area (Å²) < 4.78 is 25.4. The SMILES string of the molecule is CN(C)S(=O)(=O)CCNc1nnnn1C. The van der Waals surface area contributed by atoms with Crippen LogP contribution in [0, 0.1) is 0 Å². The largest absolute Gasteiger partial charge is 0.352 e. The predicted molar refractivity (Wildman–Crippen MR) is 54.8 cm³/mol. The average molecular weight is 234 g/mol. The van der Waals surface area contributed by atoms with Crippen LogP contribution in [0.25, 0.3) is 0 Å². The van der Waals surface area contributed by atoms with Gasteiger partial charge in [0.1, 0.15) is 0 Å². The molecule has 0 aliphatic rings. The Hall–Kier alpha value is -1.22. The number of hydrogen-bond donors (Lipinski definition) is 1. The Bertz CT molecular complexity index is 411. The molecule has 0 bridgehead atoms. The summed E-state index contributed by atoms with van der Waals surface area (Å²) in [5.74, 6) is 0.455. The number of hydrogen-bond acceptors (Lipinski definition) is 6. The fourth-order valence-corrected chi connectivity index (χ4v) is 1.58. The predicted octanol–water partition coefficient (Wildman–Crippen LogP) is -1.49. The summed E-state index contributed by atoms with van der Waals surface area (Å²) in [6.45, 7) is 0.273. The lowest BCUT2D eigenvalue weighted by Crippen LogP contribution is -2.28. The molecule has 15 heavy (non-hydrogen) atoms. The van der Waals surface area contributed by atoms with Crippen molar-refractivity contribution in [2.75, 3.05) is 31.7 Å². The monoisotopic (exact) mass is 234 g/mol. The maximum atomic E-state index is 11.4. The average Bonchev–Trinajstić information content (AvgIpc) is 2.51. The van der Waals surface area contributed by atoms with Crippen LogP contribution in [0.2, 0.25) is 0 Å². The Morgan fingerprint density at radius 3 is 2.60 bits per heavy atom. The summed E-state index contributed by atoms with van der Waals surface area (Å²) >= 11 is 0. The molecule has 0 saturated carbocycles. The molecule has 0 fully saturated rings. The number of sulfonamides is 1. The molecule has 0 atom stereocenters. The second-order valence-corrected chi connectivity index (χ2v) is 5.45. The summed E-state index contributed by atoms with van der Waals surface area (Å²) in [6.07, 6.45) is 0. The van der Waals surface area contributed by atoms with Crippen LogP contribution in [0.4, 0.5) is 5.95 Å². The topological polar surface area (TPSA) is 93.0 Å². The van der Waals surface area contributed by atoms with E-state index in [-0.39, 0.29) is 12.3 Å². The highest BCUT2D eigenvalue weighted by atomic mass is 32.2. The van der Waals surface area contributed by atoms with Crippen LogP contribution in [0.3, 0.4) is 0 Å². The smallest absolute Gasteiger partial charge is 0.242 e. The maximum absolute atomic E-state index is 11.4. The standard InChI is InChI=1S/C6H14N6O2S/c1-11(2)15(13,14)5-4-7-6-8-9-10-12(6)3/h4-5H2,1-3H3,(H,7,8,10). The van der Waals surface area contributed by atoms with Crippen molar-refractivity contribution in [3.05, 3.63) is 0 Å². The van der Waals surface area contributed by atoms with E-state index in [9.17, 15) is 8.42 Å². The molecule has 0 amide bonds. The van der Waals surface area contributed by atoms with Gasteiger partial charge >= 0.3 is 0 Å². The Morgan fingerprint density at radius 1 is 1.47 bits per heavy atom. The first-order valence-electron chi connectivity index (χ1n) is 4.30. The highest BCUT2D eigenvalue weighted by molar-refractivity contribution is 7.89. The number of nitrogens with one attached hydrogen (secondary N) is 1. The van der Waals surface area contributed by atoms with Crippen molar-refractivity contribution in [3.8, 4) is 0 Å². The maximum Gasteiger partial charge on any atom is 0.242 e. The summed E-state index contributed by atoms with van der Waals surface area (Å²) in [6, 6.07) is 0. The molecule has 1 aromatic heterocycles. The quantitative estimate of drug-likeness (QED) is 0.667. The van der Waals surface area contributed by atoms with Crippen molar-refractivity contribution in [3.63, 3.8) is 0 Å². The van der Waals surface area contributed by atoms with Crippen molar-refractivity contribution in [2.24, 2.45) is 7.05 Å². The zero-order valence-corrected chi connectivity index (χ0v) is 9.69. The van der Waals surface area contributed by atoms with Gasteiger partial charge < -0.3 is 5.32 Å². The number of aryl methyl sites for hydroxylation is 1. The lowest BCUT2D eigenvalue weighted by atomic mass is 10.7. The van der Waals surface area contributed by atoms with Gasteiger partial charge in [-0.15, -0.1) is 0 Å². The number of anilines is 1. The zero-order valence-electron chi connectivity index (χ0n) is 8.88. The molecular formula is C6H14N6O2S. The van der Waals surface area contributed by atoms with Crippen LogP contribution < -0.4 is 5.32 Å². The number of rotatable bonds is 5. The second kappa shape index (κ2) is 4.53. The zero-order chi connectivity index (χ0) is 11.5. The molecule has 8 nitrogen and oxygen atoms in total. The third kappa shape index (κ3) is 3.13. The van der Waals surface area contributed by atoms with E-state index in [0.717, 1.165) is 0 Å². The molecule has 0 radical (unpaired) electrons. The molecule has 1 heterocycles. The van der Waals surface area contributed by atoms with Gasteiger partial charge in [-0.3, -0.25) is 0 Å². The van der Waals surface area contributed by atoms with E-state index < -0.39 is 10.0 Å². The first-order valence-corrected chi connectivity index (χ1v) is 5.91. The first kappa shape index (κ1) is 11.9. The molecule has 1 rings (SSSR count). The first-order chi connectivity index (χ1) is 6.93. The van der Waals surface area contributed by atoms with Gasteiger partial charge in [-0.2, -0.15) is 0 Å². The van der Waals surface area contributed by atoms with E-state index in [4.69, 9.17) is 0 Å². The van der Waals surface area contributed by atoms with Gasteiger partial charge in [0.05, 0.1) is 5.75 Å². The molecule has 0 aliphatic carbocycles. The van der Waals surface area contributed by atoms with Crippen LogP contribution in [0.5, 0.6) is 0 Å². The summed E-state index contributed by atoms with van der Waals surface area (Å²) in [5.41, 5.74) is 0. The van der Waals surface area contributed by atoms with Crippen molar-refractivity contribution in [1.29, 1.82) is 0 Å².